The molecule has 3 aromatic rings. The van der Waals surface area contributed by atoms with Gasteiger partial charge in [0.05, 0.1) is 5.41 Å². The van der Waals surface area contributed by atoms with Crippen LogP contribution < -0.4 is 9.47 Å². The van der Waals surface area contributed by atoms with Crippen LogP contribution >= 0.6 is 0 Å². The number of aromatic nitrogens is 1. The standard InChI is InChI=1S/C24H19F2NO5.H2/c1-13-2-3-14(8-17(13)15-10-18(22(29)30)27-12-15)9-21(28)23(6-7-23)16-4-5-19-20(11-16)32-24(25,26)31-19;/h2-5,8,10-12,27H,6-7,9H2,1H3,(H,29,30);1H. The first kappa shape index (κ1) is 20.2. The van der Waals surface area contributed by atoms with Crippen LogP contribution in [0.1, 0.15) is 41.4 Å². The van der Waals surface area contributed by atoms with Crippen molar-refractivity contribution >= 4 is 11.8 Å². The summed E-state index contributed by atoms with van der Waals surface area (Å²) in [5.74, 6) is -1.15. The number of halogens is 2. The Morgan fingerprint density at radius 3 is 2.53 bits per heavy atom. The van der Waals surface area contributed by atoms with E-state index in [0.29, 0.717) is 18.4 Å². The number of rotatable bonds is 6. The number of nitrogens with one attached hydrogen (secondary N) is 1. The summed E-state index contributed by atoms with van der Waals surface area (Å²) in [6.07, 6.45) is -0.615. The fourth-order valence-corrected chi connectivity index (χ4v) is 4.22. The summed E-state index contributed by atoms with van der Waals surface area (Å²) in [5.41, 5.74) is 3.34. The second-order valence-corrected chi connectivity index (χ2v) is 8.27. The highest BCUT2D eigenvalue weighted by molar-refractivity contribution is 5.95. The third-order valence-electron chi connectivity index (χ3n) is 6.13. The molecule has 0 unspecified atom stereocenters. The molecule has 2 N–H and O–H groups in total. The number of carboxylic acids is 1. The number of aryl methyl sites for hydroxylation is 1. The van der Waals surface area contributed by atoms with Gasteiger partial charge in [-0.05, 0) is 60.2 Å². The van der Waals surface area contributed by atoms with Gasteiger partial charge in [0.2, 0.25) is 0 Å². The molecule has 166 valence electrons. The molecule has 0 bridgehead atoms. The predicted octanol–water partition coefficient (Wildman–Crippen LogP) is 5.10. The summed E-state index contributed by atoms with van der Waals surface area (Å²) in [7, 11) is 0. The molecule has 0 spiro atoms. The number of fused-ring (bicyclic) bond motifs is 1. The fourth-order valence-electron chi connectivity index (χ4n) is 4.22. The molecule has 1 aromatic heterocycles. The minimum absolute atomic E-state index is 0. The van der Waals surface area contributed by atoms with Gasteiger partial charge in [0.15, 0.2) is 11.5 Å². The summed E-state index contributed by atoms with van der Waals surface area (Å²) >= 11 is 0. The first-order valence-corrected chi connectivity index (χ1v) is 10.1. The third-order valence-corrected chi connectivity index (χ3v) is 6.13. The second kappa shape index (κ2) is 6.91. The molecule has 1 aliphatic heterocycles. The van der Waals surface area contributed by atoms with E-state index >= 15 is 0 Å². The predicted molar refractivity (Wildman–Crippen MR) is 112 cm³/mol. The number of ether oxygens (including phenoxy) is 2. The SMILES string of the molecule is Cc1ccc(CC(=O)C2(c3ccc4c(c3)OC(F)(F)O4)CC2)cc1-c1c[nH]c(C(=O)O)c1.[HH]. The van der Waals surface area contributed by atoms with E-state index in [1.165, 1.54) is 12.1 Å². The van der Waals surface area contributed by atoms with Gasteiger partial charge in [-0.15, -0.1) is 8.78 Å². The number of H-pyrrole nitrogens is 1. The Morgan fingerprint density at radius 1 is 1.09 bits per heavy atom. The molecule has 5 rings (SSSR count). The lowest BCUT2D eigenvalue weighted by Gasteiger charge is -2.16. The van der Waals surface area contributed by atoms with Crippen molar-refractivity contribution in [3.63, 3.8) is 0 Å². The van der Waals surface area contributed by atoms with Gasteiger partial charge in [-0.2, -0.15) is 0 Å². The highest BCUT2D eigenvalue weighted by Crippen LogP contribution is 2.52. The zero-order valence-electron chi connectivity index (χ0n) is 17.1. The summed E-state index contributed by atoms with van der Waals surface area (Å²) in [6.45, 7) is 1.92. The van der Waals surface area contributed by atoms with Gasteiger partial charge >= 0.3 is 12.3 Å². The van der Waals surface area contributed by atoms with Gasteiger partial charge in [-0.25, -0.2) is 4.79 Å². The molecule has 0 radical (unpaired) electrons. The molecule has 0 saturated heterocycles. The number of Topliss-reactive ketones (excluding diaryl/α,β-unsaturated/α-hetero) is 1. The molecule has 32 heavy (non-hydrogen) atoms. The summed E-state index contributed by atoms with van der Waals surface area (Å²) in [5, 5.41) is 9.15. The van der Waals surface area contributed by atoms with Crippen LogP contribution in [-0.2, 0) is 16.6 Å². The van der Waals surface area contributed by atoms with Crippen LogP contribution in [0.4, 0.5) is 8.78 Å². The van der Waals surface area contributed by atoms with E-state index in [1.54, 1.807) is 18.3 Å². The third kappa shape index (κ3) is 3.41. The number of benzene rings is 2. The Kier molecular flexibility index (Phi) is 4.37. The van der Waals surface area contributed by atoms with Crippen LogP contribution in [0, 0.1) is 6.92 Å². The van der Waals surface area contributed by atoms with Crippen LogP contribution in [0.5, 0.6) is 11.5 Å². The van der Waals surface area contributed by atoms with E-state index in [-0.39, 0.29) is 30.8 Å². The van der Waals surface area contributed by atoms with Gasteiger partial charge in [0.25, 0.3) is 0 Å². The molecule has 0 atom stereocenters. The molecule has 0 amide bonds. The minimum Gasteiger partial charge on any atom is -0.477 e. The average molecular weight is 441 g/mol. The Labute approximate surface area is 183 Å². The molecule has 2 aromatic carbocycles. The van der Waals surface area contributed by atoms with Crippen LogP contribution in [0.2, 0.25) is 0 Å². The van der Waals surface area contributed by atoms with Crippen LogP contribution in [0.15, 0.2) is 48.7 Å². The number of hydrogen-bond donors (Lipinski definition) is 2. The average Bonchev–Trinajstić information content (AvgIpc) is 3.28. The lowest BCUT2D eigenvalue weighted by atomic mass is 9.87. The number of alkyl halides is 2. The summed E-state index contributed by atoms with van der Waals surface area (Å²) in [4.78, 5) is 27.1. The lowest BCUT2D eigenvalue weighted by molar-refractivity contribution is -0.286. The van der Waals surface area contributed by atoms with Gasteiger partial charge in [0.1, 0.15) is 11.5 Å². The molecular formula is C24H21F2NO5. The van der Waals surface area contributed by atoms with Gasteiger partial charge in [-0.3, -0.25) is 4.79 Å². The van der Waals surface area contributed by atoms with Crippen molar-refractivity contribution in [2.75, 3.05) is 0 Å². The van der Waals surface area contributed by atoms with Crippen molar-refractivity contribution in [3.8, 4) is 22.6 Å². The van der Waals surface area contributed by atoms with Crippen molar-refractivity contribution in [2.45, 2.75) is 37.9 Å². The van der Waals surface area contributed by atoms with Gasteiger partial charge < -0.3 is 19.6 Å². The first-order valence-electron chi connectivity index (χ1n) is 10.1. The molecule has 8 heteroatoms. The zero-order valence-corrected chi connectivity index (χ0v) is 17.1. The van der Waals surface area contributed by atoms with Crippen molar-refractivity contribution in [2.24, 2.45) is 0 Å². The largest absolute Gasteiger partial charge is 0.586 e. The molecule has 2 aliphatic rings. The number of carbonyl (C=O) groups excluding carboxylic acids is 1. The highest BCUT2D eigenvalue weighted by atomic mass is 19.3. The number of carbonyl (C=O) groups is 2. The second-order valence-electron chi connectivity index (χ2n) is 8.27. The first-order chi connectivity index (χ1) is 15.2. The summed E-state index contributed by atoms with van der Waals surface area (Å²) < 4.78 is 35.7. The highest BCUT2D eigenvalue weighted by Gasteiger charge is 2.52. The number of carboxylic acid groups (broad SMARTS) is 1. The maximum Gasteiger partial charge on any atom is 0.586 e. The minimum atomic E-state index is -3.70. The number of aromatic amines is 1. The monoisotopic (exact) mass is 441 g/mol. The van der Waals surface area contributed by atoms with Crippen molar-refractivity contribution in [1.29, 1.82) is 0 Å². The molecule has 1 fully saturated rings. The molecule has 1 saturated carbocycles. The van der Waals surface area contributed by atoms with Crippen molar-refractivity contribution < 1.29 is 34.4 Å². The van der Waals surface area contributed by atoms with E-state index < -0.39 is 17.7 Å². The van der Waals surface area contributed by atoms with Gasteiger partial charge in [0, 0.05) is 19.6 Å². The van der Waals surface area contributed by atoms with E-state index in [9.17, 15) is 18.4 Å². The molecular weight excluding hydrogens is 420 g/mol. The quantitative estimate of drug-likeness (QED) is 0.556. The van der Waals surface area contributed by atoms with E-state index in [1.807, 2.05) is 25.1 Å². The Hall–Kier alpha value is -3.68. The maximum atomic E-state index is 13.3. The van der Waals surface area contributed by atoms with Gasteiger partial charge in [-0.1, -0.05) is 24.3 Å². The Morgan fingerprint density at radius 2 is 1.84 bits per heavy atom. The lowest BCUT2D eigenvalue weighted by Crippen LogP contribution is -2.26. The Balaban J connectivity index is 0.00000259. The van der Waals surface area contributed by atoms with Crippen molar-refractivity contribution in [1.82, 2.24) is 4.98 Å². The van der Waals surface area contributed by atoms with E-state index in [0.717, 1.165) is 22.3 Å². The van der Waals surface area contributed by atoms with Crippen LogP contribution in [0.3, 0.4) is 0 Å². The smallest absolute Gasteiger partial charge is 0.477 e. The normalized spacial score (nSPS) is 17.2. The number of ketones is 1. The Bertz CT molecular complexity index is 1270. The van der Waals surface area contributed by atoms with Crippen molar-refractivity contribution in [3.05, 3.63) is 71.0 Å². The van der Waals surface area contributed by atoms with Crippen LogP contribution in [-0.4, -0.2) is 28.1 Å². The van der Waals surface area contributed by atoms with Crippen LogP contribution in [0.25, 0.3) is 11.1 Å². The number of aromatic carboxylic acids is 1. The maximum absolute atomic E-state index is 13.3. The topological polar surface area (TPSA) is 88.6 Å². The molecule has 6 nitrogen and oxygen atoms in total. The van der Waals surface area contributed by atoms with E-state index in [4.69, 9.17) is 5.11 Å². The molecule has 2 heterocycles. The zero-order chi connectivity index (χ0) is 22.7. The summed E-state index contributed by atoms with van der Waals surface area (Å²) in [6, 6.07) is 11.7. The number of hydrogen-bond acceptors (Lipinski definition) is 4. The fraction of sp³-hybridized carbons (Fsp3) is 0.250. The van der Waals surface area contributed by atoms with E-state index in [2.05, 4.69) is 14.5 Å². The molecule has 1 aliphatic carbocycles.